The Hall–Kier alpha value is -1.07. The molecule has 1 aromatic carbocycles. The van der Waals surface area contributed by atoms with Crippen LogP contribution in [-0.4, -0.2) is 26.3 Å². The van der Waals surface area contributed by atoms with Gasteiger partial charge in [0, 0.05) is 17.8 Å². The van der Waals surface area contributed by atoms with E-state index in [2.05, 4.69) is 5.32 Å². The molecule has 1 fully saturated rings. The Kier molecular flexibility index (Phi) is 4.70. The van der Waals surface area contributed by atoms with Gasteiger partial charge in [-0.25, -0.2) is 8.42 Å². The van der Waals surface area contributed by atoms with Crippen LogP contribution < -0.4 is 11.1 Å². The molecule has 1 aromatic rings. The highest BCUT2D eigenvalue weighted by molar-refractivity contribution is 7.91. The summed E-state index contributed by atoms with van der Waals surface area (Å²) in [6.45, 7) is 2.49. The van der Waals surface area contributed by atoms with Crippen LogP contribution in [0.1, 0.15) is 39.0 Å². The van der Waals surface area contributed by atoms with Crippen LogP contribution in [0.3, 0.4) is 0 Å². The average molecular weight is 296 g/mol. The van der Waals surface area contributed by atoms with Crippen LogP contribution in [0.25, 0.3) is 0 Å². The van der Waals surface area contributed by atoms with Crippen LogP contribution in [-0.2, 0) is 9.84 Å². The topological polar surface area (TPSA) is 72.2 Å². The van der Waals surface area contributed by atoms with Crippen molar-refractivity contribution in [3.8, 4) is 0 Å². The summed E-state index contributed by atoms with van der Waals surface area (Å²) in [5, 5.41) is 3.49. The van der Waals surface area contributed by atoms with Gasteiger partial charge < -0.3 is 11.1 Å². The van der Waals surface area contributed by atoms with Crippen molar-refractivity contribution in [2.45, 2.75) is 49.5 Å². The lowest BCUT2D eigenvalue weighted by Crippen LogP contribution is -2.42. The summed E-state index contributed by atoms with van der Waals surface area (Å²) in [7, 11) is -3.13. The summed E-state index contributed by atoms with van der Waals surface area (Å²) < 4.78 is 23.9. The largest absolute Gasteiger partial charge is 0.378 e. The highest BCUT2D eigenvalue weighted by atomic mass is 32.2. The third kappa shape index (κ3) is 3.33. The average Bonchev–Trinajstić information content (AvgIpc) is 2.88. The van der Waals surface area contributed by atoms with E-state index in [0.29, 0.717) is 17.9 Å². The second-order valence-electron chi connectivity index (χ2n) is 5.66. The number of benzene rings is 1. The molecule has 112 valence electrons. The van der Waals surface area contributed by atoms with Crippen molar-refractivity contribution < 1.29 is 8.42 Å². The number of anilines is 1. The molecule has 3 N–H and O–H groups in total. The Morgan fingerprint density at radius 3 is 2.30 bits per heavy atom. The van der Waals surface area contributed by atoms with Crippen LogP contribution in [0.15, 0.2) is 29.2 Å². The zero-order chi connectivity index (χ0) is 14.6. The summed E-state index contributed by atoms with van der Waals surface area (Å²) in [6, 6.07) is 7.07. The molecule has 0 radical (unpaired) electrons. The number of rotatable bonds is 6. The smallest absolute Gasteiger partial charge is 0.178 e. The van der Waals surface area contributed by atoms with Crippen molar-refractivity contribution in [2.24, 2.45) is 5.73 Å². The molecule has 0 bridgehead atoms. The number of nitrogens with one attached hydrogen (secondary N) is 1. The minimum absolute atomic E-state index is 0.0101. The van der Waals surface area contributed by atoms with Crippen molar-refractivity contribution in [2.75, 3.05) is 17.6 Å². The van der Waals surface area contributed by atoms with Gasteiger partial charge in [0.05, 0.1) is 10.6 Å². The number of hydrogen-bond donors (Lipinski definition) is 2. The highest BCUT2D eigenvalue weighted by Crippen LogP contribution is 2.32. The lowest BCUT2D eigenvalue weighted by Gasteiger charge is -2.30. The standard InChI is InChI=1S/C15H24N2O2S/c1-2-11-20(18,19)14-7-5-13(6-8-14)17-15(12-16)9-3-4-10-15/h5-8,17H,2-4,9-12,16H2,1H3. The fourth-order valence-corrected chi connectivity index (χ4v) is 4.19. The molecular weight excluding hydrogens is 272 g/mol. The summed E-state index contributed by atoms with van der Waals surface area (Å²) >= 11 is 0. The Morgan fingerprint density at radius 1 is 1.20 bits per heavy atom. The molecular formula is C15H24N2O2S. The lowest BCUT2D eigenvalue weighted by molar-refractivity contribution is 0.493. The first-order chi connectivity index (χ1) is 9.51. The van der Waals surface area contributed by atoms with Crippen LogP contribution in [0.2, 0.25) is 0 Å². The van der Waals surface area contributed by atoms with E-state index in [0.717, 1.165) is 18.5 Å². The van der Waals surface area contributed by atoms with Crippen molar-refractivity contribution in [3.05, 3.63) is 24.3 Å². The van der Waals surface area contributed by atoms with E-state index in [9.17, 15) is 8.42 Å². The molecule has 1 aliphatic carbocycles. The predicted molar refractivity (Wildman–Crippen MR) is 82.7 cm³/mol. The van der Waals surface area contributed by atoms with Gasteiger partial charge >= 0.3 is 0 Å². The van der Waals surface area contributed by atoms with Crippen molar-refractivity contribution >= 4 is 15.5 Å². The van der Waals surface area contributed by atoms with Crippen LogP contribution >= 0.6 is 0 Å². The fraction of sp³-hybridized carbons (Fsp3) is 0.600. The molecule has 0 unspecified atom stereocenters. The first kappa shape index (κ1) is 15.3. The van der Waals surface area contributed by atoms with E-state index in [1.807, 2.05) is 19.1 Å². The monoisotopic (exact) mass is 296 g/mol. The van der Waals surface area contributed by atoms with Crippen molar-refractivity contribution in [3.63, 3.8) is 0 Å². The van der Waals surface area contributed by atoms with Gasteiger partial charge in [-0.2, -0.15) is 0 Å². The molecule has 0 spiro atoms. The van der Waals surface area contributed by atoms with Crippen molar-refractivity contribution in [1.82, 2.24) is 0 Å². The molecule has 1 saturated carbocycles. The van der Waals surface area contributed by atoms with E-state index in [4.69, 9.17) is 5.73 Å². The Morgan fingerprint density at radius 2 is 1.80 bits per heavy atom. The van der Waals surface area contributed by atoms with Gasteiger partial charge in [0.15, 0.2) is 9.84 Å². The number of hydrogen-bond acceptors (Lipinski definition) is 4. The van der Waals surface area contributed by atoms with Crippen molar-refractivity contribution in [1.29, 1.82) is 0 Å². The quantitative estimate of drug-likeness (QED) is 0.846. The molecule has 4 nitrogen and oxygen atoms in total. The van der Waals surface area contributed by atoms with Gasteiger partial charge in [-0.1, -0.05) is 19.8 Å². The zero-order valence-electron chi connectivity index (χ0n) is 12.1. The first-order valence-corrected chi connectivity index (χ1v) is 8.98. The van der Waals surface area contributed by atoms with E-state index < -0.39 is 9.84 Å². The minimum Gasteiger partial charge on any atom is -0.378 e. The predicted octanol–water partition coefficient (Wildman–Crippen LogP) is 2.55. The van der Waals surface area contributed by atoms with E-state index in [-0.39, 0.29) is 11.3 Å². The SMILES string of the molecule is CCCS(=O)(=O)c1ccc(NC2(CN)CCCC2)cc1. The molecule has 0 aliphatic heterocycles. The Balaban J connectivity index is 2.12. The second kappa shape index (κ2) is 6.14. The minimum atomic E-state index is -3.13. The van der Waals surface area contributed by atoms with Gasteiger partial charge in [0.25, 0.3) is 0 Å². The summed E-state index contributed by atoms with van der Waals surface area (Å²) in [5.74, 6) is 0.201. The van der Waals surface area contributed by atoms with Gasteiger partial charge in [0.2, 0.25) is 0 Å². The van der Waals surface area contributed by atoms with E-state index in [1.165, 1.54) is 12.8 Å². The maximum atomic E-state index is 12.0. The lowest BCUT2D eigenvalue weighted by atomic mass is 9.97. The molecule has 5 heteroatoms. The number of nitrogens with two attached hydrogens (primary N) is 1. The molecule has 2 rings (SSSR count). The van der Waals surface area contributed by atoms with Gasteiger partial charge in [-0.3, -0.25) is 0 Å². The zero-order valence-corrected chi connectivity index (χ0v) is 12.9. The molecule has 1 aliphatic rings. The molecule has 20 heavy (non-hydrogen) atoms. The molecule has 0 amide bonds. The van der Waals surface area contributed by atoms with E-state index in [1.54, 1.807) is 12.1 Å². The second-order valence-corrected chi connectivity index (χ2v) is 7.77. The maximum Gasteiger partial charge on any atom is 0.178 e. The maximum absolute atomic E-state index is 12.0. The highest BCUT2D eigenvalue weighted by Gasteiger charge is 2.32. The van der Waals surface area contributed by atoms with Gasteiger partial charge in [-0.15, -0.1) is 0 Å². The fourth-order valence-electron chi connectivity index (χ4n) is 2.87. The summed E-state index contributed by atoms with van der Waals surface area (Å²) in [5.41, 5.74) is 6.84. The Labute approximate surface area is 121 Å². The van der Waals surface area contributed by atoms with Gasteiger partial charge in [0.1, 0.15) is 0 Å². The van der Waals surface area contributed by atoms with Crippen LogP contribution in [0.5, 0.6) is 0 Å². The Bertz CT molecular complexity index is 531. The summed E-state index contributed by atoms with van der Waals surface area (Å²) in [6.07, 6.45) is 5.21. The third-order valence-electron chi connectivity index (χ3n) is 4.05. The first-order valence-electron chi connectivity index (χ1n) is 7.32. The van der Waals surface area contributed by atoms with E-state index >= 15 is 0 Å². The third-order valence-corrected chi connectivity index (χ3v) is 5.98. The van der Waals surface area contributed by atoms with Gasteiger partial charge in [-0.05, 0) is 43.5 Å². The summed E-state index contributed by atoms with van der Waals surface area (Å²) in [4.78, 5) is 0.401. The molecule has 0 saturated heterocycles. The molecule has 0 aromatic heterocycles. The normalized spacial score (nSPS) is 18.1. The number of sulfone groups is 1. The van der Waals surface area contributed by atoms with Crippen LogP contribution in [0.4, 0.5) is 5.69 Å². The molecule has 0 heterocycles. The molecule has 0 atom stereocenters. The van der Waals surface area contributed by atoms with Crippen LogP contribution in [0, 0.1) is 0 Å².